The van der Waals surface area contributed by atoms with Crippen LogP contribution in [0.5, 0.6) is 0 Å². The van der Waals surface area contributed by atoms with Crippen LogP contribution in [0.3, 0.4) is 0 Å². The molecule has 1 rings (SSSR count). The fourth-order valence-corrected chi connectivity index (χ4v) is 1.37. The van der Waals surface area contributed by atoms with E-state index in [1.807, 2.05) is 6.92 Å². The van der Waals surface area contributed by atoms with E-state index in [0.717, 1.165) is 0 Å². The van der Waals surface area contributed by atoms with E-state index >= 15 is 0 Å². The largest absolute Gasteiger partial charge is 0.478 e. The summed E-state index contributed by atoms with van der Waals surface area (Å²) >= 11 is 0. The number of aryl methyl sites for hydroxylation is 1. The number of hydrogen-bond acceptors (Lipinski definition) is 2. The highest BCUT2D eigenvalue weighted by atomic mass is 16.4. The summed E-state index contributed by atoms with van der Waals surface area (Å²) in [5.74, 6) is -1.30. The molecule has 0 atom stereocenters. The number of carbonyl (C=O) groups excluding carboxylic acids is 1. The third-order valence-corrected chi connectivity index (χ3v) is 2.29. The Morgan fingerprint density at radius 1 is 1.28 bits per heavy atom. The van der Waals surface area contributed by atoms with Crippen molar-refractivity contribution >= 4 is 17.6 Å². The highest BCUT2D eigenvalue weighted by Crippen LogP contribution is 2.15. The number of carboxylic acid groups (broad SMARTS) is 1. The van der Waals surface area contributed by atoms with Gasteiger partial charge in [-0.2, -0.15) is 0 Å². The molecule has 0 saturated carbocycles. The molecule has 0 aliphatic heterocycles. The van der Waals surface area contributed by atoms with Gasteiger partial charge in [0.15, 0.2) is 0 Å². The number of rotatable bonds is 4. The third kappa shape index (κ3) is 3.90. The van der Waals surface area contributed by atoms with E-state index in [1.165, 1.54) is 12.1 Å². The van der Waals surface area contributed by atoms with Gasteiger partial charge in [0, 0.05) is 11.8 Å². The number of nitrogens with one attached hydrogen (secondary N) is 1. The molecule has 1 aromatic carbocycles. The molecule has 4 heteroatoms. The molecule has 0 heterocycles. The minimum atomic E-state index is -1.01. The molecule has 0 spiro atoms. The van der Waals surface area contributed by atoms with Crippen LogP contribution in [-0.4, -0.2) is 17.0 Å². The van der Waals surface area contributed by atoms with Gasteiger partial charge in [0.05, 0.1) is 5.56 Å². The second kappa shape index (κ2) is 6.39. The Kier molecular flexibility index (Phi) is 4.87. The molecule has 0 aliphatic rings. The van der Waals surface area contributed by atoms with Gasteiger partial charge in [0.25, 0.3) is 0 Å². The van der Waals surface area contributed by atoms with Crippen molar-refractivity contribution < 1.29 is 14.7 Å². The van der Waals surface area contributed by atoms with Gasteiger partial charge >= 0.3 is 5.97 Å². The quantitative estimate of drug-likeness (QED) is 0.633. The van der Waals surface area contributed by atoms with Crippen molar-refractivity contribution in [3.8, 4) is 0 Å². The van der Waals surface area contributed by atoms with Crippen molar-refractivity contribution in [1.82, 2.24) is 0 Å². The van der Waals surface area contributed by atoms with Gasteiger partial charge in [0.1, 0.15) is 0 Å². The van der Waals surface area contributed by atoms with Crippen LogP contribution < -0.4 is 5.32 Å². The molecule has 4 nitrogen and oxygen atoms in total. The molecule has 18 heavy (non-hydrogen) atoms. The van der Waals surface area contributed by atoms with Crippen LogP contribution in [0, 0.1) is 6.92 Å². The smallest absolute Gasteiger partial charge is 0.336 e. The molecule has 0 aromatic heterocycles. The monoisotopic (exact) mass is 245 g/mol. The lowest BCUT2D eigenvalue weighted by Gasteiger charge is -2.05. The number of benzene rings is 1. The predicted molar refractivity (Wildman–Crippen MR) is 70.7 cm³/mol. The lowest BCUT2D eigenvalue weighted by atomic mass is 10.1. The Bertz CT molecular complexity index is 516. The molecular weight excluding hydrogens is 230 g/mol. The van der Waals surface area contributed by atoms with Crippen LogP contribution >= 0.6 is 0 Å². The van der Waals surface area contributed by atoms with Crippen LogP contribution in [0.2, 0.25) is 0 Å². The van der Waals surface area contributed by atoms with E-state index in [0.29, 0.717) is 11.3 Å². The number of allylic oxidation sites excluding steroid dienone is 3. The van der Waals surface area contributed by atoms with Crippen molar-refractivity contribution in [2.24, 2.45) is 0 Å². The minimum Gasteiger partial charge on any atom is -0.478 e. The Morgan fingerprint density at radius 3 is 2.61 bits per heavy atom. The number of aromatic carboxylic acids is 1. The van der Waals surface area contributed by atoms with Crippen molar-refractivity contribution in [3.05, 3.63) is 53.6 Å². The summed E-state index contributed by atoms with van der Waals surface area (Å²) in [4.78, 5) is 22.4. The summed E-state index contributed by atoms with van der Waals surface area (Å²) in [6, 6.07) is 4.77. The zero-order chi connectivity index (χ0) is 13.5. The lowest BCUT2D eigenvalue weighted by Crippen LogP contribution is -2.09. The topological polar surface area (TPSA) is 66.4 Å². The first-order chi connectivity index (χ1) is 8.54. The average Bonchev–Trinajstić information content (AvgIpc) is 2.31. The average molecular weight is 245 g/mol. The molecule has 0 unspecified atom stereocenters. The number of carbonyl (C=O) groups is 2. The fourth-order valence-electron chi connectivity index (χ4n) is 1.37. The number of amides is 1. The van der Waals surface area contributed by atoms with E-state index < -0.39 is 5.97 Å². The lowest BCUT2D eigenvalue weighted by molar-refractivity contribution is -0.111. The number of hydrogen-bond donors (Lipinski definition) is 2. The van der Waals surface area contributed by atoms with Gasteiger partial charge in [0.2, 0.25) is 5.91 Å². The molecule has 0 aliphatic carbocycles. The minimum absolute atomic E-state index is 0.185. The highest BCUT2D eigenvalue weighted by Gasteiger charge is 2.08. The van der Waals surface area contributed by atoms with Crippen LogP contribution in [0.15, 0.2) is 42.5 Å². The molecule has 0 radical (unpaired) electrons. The maximum Gasteiger partial charge on any atom is 0.336 e. The molecule has 1 amide bonds. The maximum absolute atomic E-state index is 11.5. The molecule has 0 fully saturated rings. The number of carboxylic acids is 1. The molecule has 94 valence electrons. The normalized spacial score (nSPS) is 11.0. The Morgan fingerprint density at radius 2 is 2.00 bits per heavy atom. The van der Waals surface area contributed by atoms with Gasteiger partial charge < -0.3 is 10.4 Å². The van der Waals surface area contributed by atoms with Crippen molar-refractivity contribution in [3.63, 3.8) is 0 Å². The first-order valence-electron chi connectivity index (χ1n) is 5.49. The molecule has 0 saturated heterocycles. The summed E-state index contributed by atoms with van der Waals surface area (Å²) in [5.41, 5.74) is 1.31. The second-order valence-corrected chi connectivity index (χ2v) is 3.71. The van der Waals surface area contributed by atoms with Gasteiger partial charge in [-0.15, -0.1) is 0 Å². The zero-order valence-electron chi connectivity index (χ0n) is 10.3. The third-order valence-electron chi connectivity index (χ3n) is 2.29. The van der Waals surface area contributed by atoms with E-state index in [4.69, 9.17) is 5.11 Å². The van der Waals surface area contributed by atoms with E-state index in [9.17, 15) is 9.59 Å². The summed E-state index contributed by atoms with van der Waals surface area (Å²) in [6.45, 7) is 3.56. The molecule has 0 bridgehead atoms. The Labute approximate surface area is 106 Å². The van der Waals surface area contributed by atoms with E-state index in [1.54, 1.807) is 37.3 Å². The zero-order valence-corrected chi connectivity index (χ0v) is 10.3. The summed E-state index contributed by atoms with van der Waals surface area (Å²) in [5, 5.41) is 11.6. The van der Waals surface area contributed by atoms with Crippen LogP contribution in [0.25, 0.3) is 0 Å². The fraction of sp³-hybridized carbons (Fsp3) is 0.143. The van der Waals surface area contributed by atoms with Crippen LogP contribution in [0.1, 0.15) is 22.8 Å². The molecule has 1 aromatic rings. The highest BCUT2D eigenvalue weighted by molar-refractivity contribution is 6.00. The van der Waals surface area contributed by atoms with Crippen molar-refractivity contribution in [1.29, 1.82) is 0 Å². The summed E-state index contributed by atoms with van der Waals surface area (Å²) in [7, 11) is 0. The second-order valence-electron chi connectivity index (χ2n) is 3.71. The summed E-state index contributed by atoms with van der Waals surface area (Å²) in [6.07, 6.45) is 6.53. The number of anilines is 1. The molecular formula is C14H15NO3. The standard InChI is InChI=1S/C14H15NO3/c1-3-4-5-6-13(16)15-11-8-7-10(2)12(9-11)14(17)18/h3-9H,1-2H3,(H,15,16)(H,17,18)/b4-3+,6-5?. The van der Waals surface area contributed by atoms with Crippen LogP contribution in [0.4, 0.5) is 5.69 Å². The first kappa shape index (κ1) is 13.7. The van der Waals surface area contributed by atoms with E-state index in [2.05, 4.69) is 5.32 Å². The first-order valence-corrected chi connectivity index (χ1v) is 5.49. The Hall–Kier alpha value is -2.36. The van der Waals surface area contributed by atoms with Crippen molar-refractivity contribution in [2.75, 3.05) is 5.32 Å². The SMILES string of the molecule is C/C=C/C=CC(=O)Nc1ccc(C)c(C(=O)O)c1. The Balaban J connectivity index is 2.83. The van der Waals surface area contributed by atoms with Gasteiger partial charge in [-0.1, -0.05) is 24.3 Å². The van der Waals surface area contributed by atoms with Gasteiger partial charge in [-0.3, -0.25) is 4.79 Å². The maximum atomic E-state index is 11.5. The predicted octanol–water partition coefficient (Wildman–Crippen LogP) is 2.76. The van der Waals surface area contributed by atoms with Gasteiger partial charge in [-0.05, 0) is 31.5 Å². The summed E-state index contributed by atoms with van der Waals surface area (Å²) < 4.78 is 0. The van der Waals surface area contributed by atoms with Gasteiger partial charge in [-0.25, -0.2) is 4.79 Å². The van der Waals surface area contributed by atoms with Crippen molar-refractivity contribution in [2.45, 2.75) is 13.8 Å². The van der Waals surface area contributed by atoms with Crippen LogP contribution in [-0.2, 0) is 4.79 Å². The molecule has 2 N–H and O–H groups in total. The van der Waals surface area contributed by atoms with E-state index in [-0.39, 0.29) is 11.5 Å².